The molecule has 2 rings (SSSR count). The molecule has 0 spiro atoms. The molecule has 0 saturated carbocycles. The first kappa shape index (κ1) is 17.3. The smallest absolute Gasteiger partial charge is 0.397 e. The Bertz CT molecular complexity index is 715. The summed E-state index contributed by atoms with van der Waals surface area (Å²) in [5.74, 6) is -1.74. The van der Waals surface area contributed by atoms with E-state index in [0.29, 0.717) is 24.3 Å². The lowest BCUT2D eigenvalue weighted by molar-refractivity contribution is -0.152. The largest absolute Gasteiger partial charge is 0.459 e. The summed E-state index contributed by atoms with van der Waals surface area (Å²) in [6, 6.07) is 4.89. The van der Waals surface area contributed by atoms with Crippen molar-refractivity contribution in [3.8, 4) is 0 Å². The molecule has 1 aliphatic rings. The van der Waals surface area contributed by atoms with Crippen LogP contribution in [0.3, 0.4) is 0 Å². The standard InChI is InChI=1S/C15H20N2O5S/c1-3-22-15(19)14(18)16-12-7-6-11(2)13(10-12)17-8-4-5-9-23(17,20)21/h6-7,10H,3-5,8-9H2,1-2H3,(H,16,18). The van der Waals surface area contributed by atoms with Crippen molar-refractivity contribution in [2.24, 2.45) is 0 Å². The Morgan fingerprint density at radius 1 is 1.30 bits per heavy atom. The van der Waals surface area contributed by atoms with Crippen molar-refractivity contribution in [2.45, 2.75) is 26.7 Å². The van der Waals surface area contributed by atoms with Gasteiger partial charge in [-0.05, 0) is 44.4 Å². The fraction of sp³-hybridized carbons (Fsp3) is 0.467. The first-order valence-electron chi connectivity index (χ1n) is 7.44. The normalized spacial score (nSPS) is 16.7. The Labute approximate surface area is 135 Å². The van der Waals surface area contributed by atoms with Gasteiger partial charge in [-0.15, -0.1) is 0 Å². The van der Waals surface area contributed by atoms with E-state index < -0.39 is 21.9 Å². The summed E-state index contributed by atoms with van der Waals surface area (Å²) >= 11 is 0. The predicted molar refractivity (Wildman–Crippen MR) is 86.8 cm³/mol. The van der Waals surface area contributed by atoms with Gasteiger partial charge in [0, 0.05) is 12.2 Å². The summed E-state index contributed by atoms with van der Waals surface area (Å²) in [4.78, 5) is 23.0. The van der Waals surface area contributed by atoms with Gasteiger partial charge in [-0.3, -0.25) is 9.10 Å². The Balaban J connectivity index is 2.25. The molecule has 0 radical (unpaired) electrons. The molecule has 1 amide bonds. The molecule has 1 aromatic rings. The van der Waals surface area contributed by atoms with Gasteiger partial charge in [-0.25, -0.2) is 13.2 Å². The Kier molecular flexibility index (Phi) is 5.25. The van der Waals surface area contributed by atoms with Gasteiger partial charge in [0.25, 0.3) is 0 Å². The second-order valence-electron chi connectivity index (χ2n) is 5.27. The molecule has 0 bridgehead atoms. The second-order valence-corrected chi connectivity index (χ2v) is 7.28. The lowest BCUT2D eigenvalue weighted by atomic mass is 10.1. The minimum absolute atomic E-state index is 0.109. The molecular weight excluding hydrogens is 320 g/mol. The van der Waals surface area contributed by atoms with Crippen molar-refractivity contribution >= 4 is 33.3 Å². The number of carbonyl (C=O) groups excluding carboxylic acids is 2. The molecule has 8 heteroatoms. The molecular formula is C15H20N2O5S. The van der Waals surface area contributed by atoms with Gasteiger partial charge >= 0.3 is 11.9 Å². The Morgan fingerprint density at radius 2 is 2.04 bits per heavy atom. The number of esters is 1. The maximum atomic E-state index is 12.2. The zero-order valence-electron chi connectivity index (χ0n) is 13.2. The monoisotopic (exact) mass is 340 g/mol. The van der Waals surface area contributed by atoms with E-state index in [1.807, 2.05) is 0 Å². The number of carbonyl (C=O) groups is 2. The number of sulfonamides is 1. The SMILES string of the molecule is CCOC(=O)C(=O)Nc1ccc(C)c(N2CCCCS2(=O)=O)c1. The van der Waals surface area contributed by atoms with Crippen LogP contribution in [0.15, 0.2) is 18.2 Å². The minimum atomic E-state index is -3.34. The summed E-state index contributed by atoms with van der Waals surface area (Å²) in [5, 5.41) is 2.43. The number of hydrogen-bond acceptors (Lipinski definition) is 5. The van der Waals surface area contributed by atoms with Crippen LogP contribution in [-0.4, -0.2) is 39.2 Å². The highest BCUT2D eigenvalue weighted by Gasteiger charge is 2.27. The first-order chi connectivity index (χ1) is 10.8. The lowest BCUT2D eigenvalue weighted by Gasteiger charge is -2.29. The Morgan fingerprint density at radius 3 is 2.70 bits per heavy atom. The summed E-state index contributed by atoms with van der Waals surface area (Å²) in [5.41, 5.74) is 1.65. The highest BCUT2D eigenvalue weighted by Crippen LogP contribution is 2.29. The second kappa shape index (κ2) is 6.99. The van der Waals surface area contributed by atoms with Crippen LogP contribution in [0.4, 0.5) is 11.4 Å². The molecule has 7 nitrogen and oxygen atoms in total. The van der Waals surface area contributed by atoms with Gasteiger partial charge < -0.3 is 10.1 Å². The third kappa shape index (κ3) is 4.01. The summed E-state index contributed by atoms with van der Waals surface area (Å²) in [6.45, 7) is 3.93. The van der Waals surface area contributed by atoms with Crippen LogP contribution in [0.1, 0.15) is 25.3 Å². The van der Waals surface area contributed by atoms with Crippen molar-refractivity contribution in [3.05, 3.63) is 23.8 Å². The van der Waals surface area contributed by atoms with E-state index in [9.17, 15) is 18.0 Å². The number of nitrogens with one attached hydrogen (secondary N) is 1. The molecule has 1 saturated heterocycles. The lowest BCUT2D eigenvalue weighted by Crippen LogP contribution is -2.38. The third-order valence-electron chi connectivity index (χ3n) is 3.55. The van der Waals surface area contributed by atoms with E-state index in [2.05, 4.69) is 10.1 Å². The molecule has 1 aromatic carbocycles. The zero-order valence-corrected chi connectivity index (χ0v) is 14.0. The minimum Gasteiger partial charge on any atom is -0.459 e. The van der Waals surface area contributed by atoms with Crippen LogP contribution in [-0.2, 0) is 24.3 Å². The van der Waals surface area contributed by atoms with Gasteiger partial charge in [-0.1, -0.05) is 6.07 Å². The molecule has 1 fully saturated rings. The van der Waals surface area contributed by atoms with Crippen LogP contribution in [0, 0.1) is 6.92 Å². The number of amides is 1. The molecule has 0 unspecified atom stereocenters. The Hall–Kier alpha value is -2.09. The van der Waals surface area contributed by atoms with Crippen LogP contribution in [0.2, 0.25) is 0 Å². The molecule has 1 N–H and O–H groups in total. The van der Waals surface area contributed by atoms with Crippen LogP contribution >= 0.6 is 0 Å². The predicted octanol–water partition coefficient (Wildman–Crippen LogP) is 1.43. The van der Waals surface area contributed by atoms with E-state index in [-0.39, 0.29) is 12.4 Å². The quantitative estimate of drug-likeness (QED) is 0.664. The number of ether oxygens (including phenoxy) is 1. The van der Waals surface area contributed by atoms with Crippen LogP contribution in [0.25, 0.3) is 0 Å². The number of benzene rings is 1. The average Bonchev–Trinajstić information content (AvgIpc) is 2.49. The van der Waals surface area contributed by atoms with Crippen molar-refractivity contribution in [1.82, 2.24) is 0 Å². The molecule has 1 heterocycles. The highest BCUT2D eigenvalue weighted by atomic mass is 32.2. The number of anilines is 2. The first-order valence-corrected chi connectivity index (χ1v) is 9.05. The van der Waals surface area contributed by atoms with Crippen LogP contribution in [0.5, 0.6) is 0 Å². The fourth-order valence-corrected chi connectivity index (χ4v) is 4.09. The van der Waals surface area contributed by atoms with Crippen molar-refractivity contribution in [1.29, 1.82) is 0 Å². The molecule has 0 atom stereocenters. The molecule has 126 valence electrons. The third-order valence-corrected chi connectivity index (χ3v) is 5.40. The average molecular weight is 340 g/mol. The van der Waals surface area contributed by atoms with Crippen molar-refractivity contribution in [3.63, 3.8) is 0 Å². The van der Waals surface area contributed by atoms with Gasteiger partial charge in [-0.2, -0.15) is 0 Å². The highest BCUT2D eigenvalue weighted by molar-refractivity contribution is 7.92. The fourth-order valence-electron chi connectivity index (χ4n) is 2.39. The van der Waals surface area contributed by atoms with E-state index in [4.69, 9.17) is 0 Å². The topological polar surface area (TPSA) is 92.8 Å². The molecule has 0 aromatic heterocycles. The van der Waals surface area contributed by atoms with E-state index in [1.54, 1.807) is 32.0 Å². The maximum absolute atomic E-state index is 12.2. The number of hydrogen-bond donors (Lipinski definition) is 1. The van der Waals surface area contributed by atoms with Gasteiger partial charge in [0.2, 0.25) is 10.0 Å². The maximum Gasteiger partial charge on any atom is 0.397 e. The number of rotatable bonds is 3. The van der Waals surface area contributed by atoms with Crippen molar-refractivity contribution < 1.29 is 22.7 Å². The summed E-state index contributed by atoms with van der Waals surface area (Å²) < 4.78 is 30.4. The molecule has 1 aliphatic heterocycles. The molecule has 23 heavy (non-hydrogen) atoms. The summed E-state index contributed by atoms with van der Waals surface area (Å²) in [7, 11) is -3.34. The van der Waals surface area contributed by atoms with Gasteiger partial charge in [0.1, 0.15) is 0 Å². The summed E-state index contributed by atoms with van der Waals surface area (Å²) in [6.07, 6.45) is 1.44. The van der Waals surface area contributed by atoms with Crippen LogP contribution < -0.4 is 9.62 Å². The number of nitrogens with zero attached hydrogens (tertiary/aromatic N) is 1. The molecule has 0 aliphatic carbocycles. The van der Waals surface area contributed by atoms with Gasteiger partial charge in [0.05, 0.1) is 18.0 Å². The number of aryl methyl sites for hydroxylation is 1. The van der Waals surface area contributed by atoms with Gasteiger partial charge in [0.15, 0.2) is 0 Å². The van der Waals surface area contributed by atoms with E-state index in [1.165, 1.54) is 4.31 Å². The van der Waals surface area contributed by atoms with Crippen molar-refractivity contribution in [2.75, 3.05) is 28.5 Å². The van der Waals surface area contributed by atoms with E-state index in [0.717, 1.165) is 12.0 Å². The zero-order chi connectivity index (χ0) is 17.0. The van der Waals surface area contributed by atoms with E-state index >= 15 is 0 Å².